The fourth-order valence-electron chi connectivity index (χ4n) is 4.12. The van der Waals surface area contributed by atoms with E-state index >= 15 is 0 Å². The molecule has 0 aliphatic carbocycles. The summed E-state index contributed by atoms with van der Waals surface area (Å²) in [5.41, 5.74) is 3.46. The van der Waals surface area contributed by atoms with Gasteiger partial charge in [-0.3, -0.25) is 9.48 Å². The fourth-order valence-corrected chi connectivity index (χ4v) is 5.22. The molecule has 4 aromatic rings. The number of aromatic nitrogens is 4. The van der Waals surface area contributed by atoms with E-state index in [2.05, 4.69) is 26.7 Å². The third kappa shape index (κ3) is 3.16. The molecule has 2 atom stereocenters. The number of carbonyl (C=O) groups excluding carboxylic acids is 1. The second kappa shape index (κ2) is 7.42. The van der Waals surface area contributed by atoms with Gasteiger partial charge in [0.05, 0.1) is 12.2 Å². The maximum Gasteiger partial charge on any atom is 0.276 e. The Morgan fingerprint density at radius 1 is 1.32 bits per heavy atom. The molecule has 1 amide bonds. The van der Waals surface area contributed by atoms with Gasteiger partial charge in [0.2, 0.25) is 0 Å². The van der Waals surface area contributed by atoms with Crippen LogP contribution in [0.3, 0.4) is 0 Å². The summed E-state index contributed by atoms with van der Waals surface area (Å²) < 4.78 is 21.2. The highest BCUT2D eigenvalue weighted by molar-refractivity contribution is 7.10. The molecule has 0 N–H and O–H groups in total. The normalized spacial score (nSPS) is 18.3. The summed E-state index contributed by atoms with van der Waals surface area (Å²) in [5, 5.41) is 10.4. The molecule has 31 heavy (non-hydrogen) atoms. The van der Waals surface area contributed by atoms with Crippen molar-refractivity contribution >= 4 is 17.2 Å². The highest BCUT2D eigenvalue weighted by Gasteiger charge is 2.37. The third-order valence-electron chi connectivity index (χ3n) is 5.97. The molecule has 5 rings (SSSR count). The molecule has 9 heteroatoms. The Balaban J connectivity index is 1.50. The smallest absolute Gasteiger partial charge is 0.276 e. The Labute approximate surface area is 182 Å². The summed E-state index contributed by atoms with van der Waals surface area (Å²) >= 11 is 1.70. The van der Waals surface area contributed by atoms with Crippen LogP contribution in [0.1, 0.15) is 51.1 Å². The molecule has 1 aliphatic heterocycles. The minimum atomic E-state index is -0.529. The molecule has 0 saturated carbocycles. The van der Waals surface area contributed by atoms with E-state index in [-0.39, 0.29) is 35.0 Å². The van der Waals surface area contributed by atoms with E-state index in [1.54, 1.807) is 16.2 Å². The summed E-state index contributed by atoms with van der Waals surface area (Å²) in [5.74, 6) is -0.633. The molecule has 7 nitrogen and oxygen atoms in total. The Hall–Kier alpha value is -3.33. The zero-order valence-corrected chi connectivity index (χ0v) is 18.1. The number of fused-ring (bicyclic) bond motifs is 1. The largest absolute Gasteiger partial charge is 0.354 e. The lowest BCUT2D eigenvalue weighted by atomic mass is 9.88. The SMILES string of the molecule is Cc1c(C2CN(C(=O)c3cc(-c4ncccc4F)on3)C(C)c3ccsc32)cnn1C. The molecule has 5 heterocycles. The number of pyridine rings is 1. The van der Waals surface area contributed by atoms with Crippen LogP contribution in [0.2, 0.25) is 0 Å². The van der Waals surface area contributed by atoms with Gasteiger partial charge in [0.15, 0.2) is 17.3 Å². The van der Waals surface area contributed by atoms with E-state index in [4.69, 9.17) is 4.52 Å². The van der Waals surface area contributed by atoms with Gasteiger partial charge in [-0.2, -0.15) is 5.10 Å². The number of amides is 1. The number of aryl methyl sites for hydroxylation is 1. The first-order valence-corrected chi connectivity index (χ1v) is 10.8. The summed E-state index contributed by atoms with van der Waals surface area (Å²) in [7, 11) is 1.91. The van der Waals surface area contributed by atoms with E-state index in [1.165, 1.54) is 29.3 Å². The van der Waals surface area contributed by atoms with Crippen LogP contribution in [0.5, 0.6) is 0 Å². The molecule has 158 valence electrons. The number of halogens is 1. The van der Waals surface area contributed by atoms with Crippen LogP contribution < -0.4 is 0 Å². The Bertz CT molecular complexity index is 1280. The second-order valence-corrected chi connectivity index (χ2v) is 8.59. The third-order valence-corrected chi connectivity index (χ3v) is 7.02. The Morgan fingerprint density at radius 2 is 2.16 bits per heavy atom. The number of hydrogen-bond donors (Lipinski definition) is 0. The van der Waals surface area contributed by atoms with Gasteiger partial charge < -0.3 is 9.42 Å². The van der Waals surface area contributed by atoms with Gasteiger partial charge in [0.25, 0.3) is 5.91 Å². The van der Waals surface area contributed by atoms with Crippen molar-refractivity contribution in [3.8, 4) is 11.5 Å². The molecule has 0 spiro atoms. The van der Waals surface area contributed by atoms with Gasteiger partial charge in [-0.05, 0) is 43.0 Å². The van der Waals surface area contributed by atoms with Crippen LogP contribution in [-0.4, -0.2) is 37.3 Å². The molecule has 0 radical (unpaired) electrons. The van der Waals surface area contributed by atoms with E-state index in [0.29, 0.717) is 6.54 Å². The number of hydrogen-bond acceptors (Lipinski definition) is 6. The summed E-state index contributed by atoms with van der Waals surface area (Å²) in [6, 6.07) is 6.19. The zero-order chi connectivity index (χ0) is 21.7. The van der Waals surface area contributed by atoms with Crippen molar-refractivity contribution < 1.29 is 13.7 Å². The quantitative estimate of drug-likeness (QED) is 0.477. The average molecular weight is 438 g/mol. The van der Waals surface area contributed by atoms with E-state index in [0.717, 1.165) is 16.8 Å². The van der Waals surface area contributed by atoms with Crippen LogP contribution in [0, 0.1) is 12.7 Å². The van der Waals surface area contributed by atoms with Crippen molar-refractivity contribution in [1.82, 2.24) is 24.8 Å². The summed E-state index contributed by atoms with van der Waals surface area (Å²) in [4.78, 5) is 20.5. The van der Waals surface area contributed by atoms with E-state index < -0.39 is 5.82 Å². The minimum absolute atomic E-state index is 0.0310. The zero-order valence-electron chi connectivity index (χ0n) is 17.2. The highest BCUT2D eigenvalue weighted by atomic mass is 32.1. The molecule has 4 aromatic heterocycles. The van der Waals surface area contributed by atoms with Crippen molar-refractivity contribution in [3.05, 3.63) is 75.2 Å². The predicted octanol–water partition coefficient (Wildman–Crippen LogP) is 4.33. The standard InChI is InChI=1S/C22H20FN5O2S/c1-12-15(10-25-27(12)3)16-11-28(13(2)14-6-8-31-21(14)16)22(29)18-9-19(30-26-18)20-17(23)5-4-7-24-20/h4-10,13,16H,11H2,1-3H3. The van der Waals surface area contributed by atoms with Crippen molar-refractivity contribution in [2.24, 2.45) is 7.05 Å². The highest BCUT2D eigenvalue weighted by Crippen LogP contribution is 2.43. The summed E-state index contributed by atoms with van der Waals surface area (Å²) in [6.07, 6.45) is 3.34. The molecule has 0 saturated heterocycles. The molecule has 1 aliphatic rings. The second-order valence-electron chi connectivity index (χ2n) is 7.65. The van der Waals surface area contributed by atoms with Gasteiger partial charge in [-0.1, -0.05) is 5.16 Å². The first-order valence-electron chi connectivity index (χ1n) is 9.90. The van der Waals surface area contributed by atoms with Crippen molar-refractivity contribution in [2.75, 3.05) is 6.54 Å². The Kier molecular flexibility index (Phi) is 4.70. The monoisotopic (exact) mass is 437 g/mol. The minimum Gasteiger partial charge on any atom is -0.354 e. The lowest BCUT2D eigenvalue weighted by molar-refractivity contribution is 0.0656. The van der Waals surface area contributed by atoms with Crippen LogP contribution >= 0.6 is 11.3 Å². The van der Waals surface area contributed by atoms with Gasteiger partial charge in [0, 0.05) is 47.9 Å². The number of rotatable bonds is 3. The predicted molar refractivity (Wildman–Crippen MR) is 113 cm³/mol. The first-order chi connectivity index (χ1) is 15.0. The lowest BCUT2D eigenvalue weighted by Crippen LogP contribution is -2.40. The van der Waals surface area contributed by atoms with Crippen LogP contribution in [0.4, 0.5) is 4.39 Å². The number of carbonyl (C=O) groups is 1. The molecule has 2 unspecified atom stereocenters. The van der Waals surface area contributed by atoms with Gasteiger partial charge >= 0.3 is 0 Å². The van der Waals surface area contributed by atoms with Gasteiger partial charge in [-0.25, -0.2) is 9.37 Å². The topological polar surface area (TPSA) is 77.1 Å². The Morgan fingerprint density at radius 3 is 2.90 bits per heavy atom. The van der Waals surface area contributed by atoms with E-state index in [1.807, 2.05) is 31.8 Å². The summed E-state index contributed by atoms with van der Waals surface area (Å²) in [6.45, 7) is 4.54. The van der Waals surface area contributed by atoms with E-state index in [9.17, 15) is 9.18 Å². The van der Waals surface area contributed by atoms with Crippen molar-refractivity contribution in [1.29, 1.82) is 0 Å². The maximum absolute atomic E-state index is 14.1. The van der Waals surface area contributed by atoms with Crippen molar-refractivity contribution in [2.45, 2.75) is 25.8 Å². The molecule has 0 aromatic carbocycles. The number of nitrogens with zero attached hydrogens (tertiary/aromatic N) is 5. The van der Waals surface area contributed by atoms with Gasteiger partial charge in [0.1, 0.15) is 5.69 Å². The van der Waals surface area contributed by atoms with Crippen LogP contribution in [-0.2, 0) is 7.05 Å². The van der Waals surface area contributed by atoms with Crippen LogP contribution in [0.15, 0.2) is 46.6 Å². The molecular formula is C22H20FN5O2S. The maximum atomic E-state index is 14.1. The lowest BCUT2D eigenvalue weighted by Gasteiger charge is -2.37. The van der Waals surface area contributed by atoms with Gasteiger partial charge in [-0.15, -0.1) is 11.3 Å². The first kappa shape index (κ1) is 19.6. The molecule has 0 bridgehead atoms. The molecular weight excluding hydrogens is 417 g/mol. The van der Waals surface area contributed by atoms with Crippen LogP contribution in [0.25, 0.3) is 11.5 Å². The molecule has 0 fully saturated rings. The fraction of sp³-hybridized carbons (Fsp3) is 0.273. The van der Waals surface area contributed by atoms with Crippen molar-refractivity contribution in [3.63, 3.8) is 0 Å². The average Bonchev–Trinajstić information content (AvgIpc) is 3.50. The number of thiophene rings is 1.